The number of rotatable bonds is 0. The number of imidazole rings is 1. The lowest BCUT2D eigenvalue weighted by molar-refractivity contribution is 0.923. The van der Waals surface area contributed by atoms with Gasteiger partial charge in [0.15, 0.2) is 5.65 Å². The zero-order chi connectivity index (χ0) is 8.55. The molecule has 0 aliphatic rings. The fourth-order valence-electron chi connectivity index (χ4n) is 0.880. The van der Waals surface area contributed by atoms with E-state index >= 15 is 0 Å². The molecule has 2 aromatic heterocycles. The van der Waals surface area contributed by atoms with Gasteiger partial charge in [-0.2, -0.15) is 5.10 Å². The van der Waals surface area contributed by atoms with Crippen molar-refractivity contribution >= 4 is 5.65 Å². The molecule has 0 bridgehead atoms. The van der Waals surface area contributed by atoms with Gasteiger partial charge in [-0.1, -0.05) is 0 Å². The van der Waals surface area contributed by atoms with Gasteiger partial charge in [0.25, 0.3) is 0 Å². The molecule has 0 saturated carbocycles. The molecule has 0 unspecified atom stereocenters. The summed E-state index contributed by atoms with van der Waals surface area (Å²) in [4.78, 5) is 4.01. The highest BCUT2D eigenvalue weighted by Gasteiger charge is 1.97. The lowest BCUT2D eigenvalue weighted by Crippen LogP contribution is -1.91. The highest BCUT2D eigenvalue weighted by molar-refractivity contribution is 5.41. The van der Waals surface area contributed by atoms with Gasteiger partial charge in [-0.15, -0.1) is 6.42 Å². The molecule has 0 aliphatic carbocycles. The summed E-state index contributed by atoms with van der Waals surface area (Å²) < 4.78 is 8.73. The van der Waals surface area contributed by atoms with Gasteiger partial charge in [-0.25, -0.2) is 9.50 Å². The van der Waals surface area contributed by atoms with Crippen molar-refractivity contribution < 1.29 is 1.37 Å². The van der Waals surface area contributed by atoms with Crippen LogP contribution in [0.3, 0.4) is 0 Å². The summed E-state index contributed by atoms with van der Waals surface area (Å²) in [6.45, 7) is 0. The van der Waals surface area contributed by atoms with Crippen LogP contribution < -0.4 is 0 Å². The number of aromatic nitrogens is 3. The lowest BCUT2D eigenvalue weighted by atomic mass is 10.5. The molecule has 2 heterocycles. The topological polar surface area (TPSA) is 30.2 Å². The molecule has 0 atom stereocenters. The summed E-state index contributed by atoms with van der Waals surface area (Å²) in [5, 5.41) is 3.88. The zero-order valence-corrected chi connectivity index (χ0v) is 5.65. The maximum absolute atomic E-state index is 7.26. The van der Waals surface area contributed by atoms with E-state index in [4.69, 9.17) is 7.79 Å². The normalized spacial score (nSPS) is 11.0. The Hall–Kier alpha value is -1.82. The van der Waals surface area contributed by atoms with E-state index in [1.165, 1.54) is 4.52 Å². The molecule has 2 aromatic rings. The van der Waals surface area contributed by atoms with E-state index in [9.17, 15) is 0 Å². The molecule has 0 radical (unpaired) electrons. The first-order valence-electron chi connectivity index (χ1n) is 3.59. The molecule has 0 aromatic carbocycles. The van der Waals surface area contributed by atoms with Crippen LogP contribution in [0.5, 0.6) is 0 Å². The second kappa shape index (κ2) is 2.10. The van der Waals surface area contributed by atoms with E-state index in [2.05, 4.69) is 16.0 Å². The minimum Gasteiger partial charge on any atom is -0.234 e. The van der Waals surface area contributed by atoms with Crippen molar-refractivity contribution in [3.05, 3.63) is 30.2 Å². The number of terminal acetylenes is 1. The van der Waals surface area contributed by atoms with Gasteiger partial charge in [0.2, 0.25) is 0 Å². The Morgan fingerprint density at radius 1 is 1.73 bits per heavy atom. The van der Waals surface area contributed by atoms with Gasteiger partial charge in [-0.05, 0) is 18.1 Å². The number of hydrogen-bond donors (Lipinski definition) is 0. The standard InChI is InChI=1S/C8H5N3/c1-2-7-6-9-8-4-3-5-10-11(7)8/h1,3-6H/i5D. The summed E-state index contributed by atoms with van der Waals surface area (Å²) in [7, 11) is 0. The van der Waals surface area contributed by atoms with Gasteiger partial charge in [0.1, 0.15) is 5.69 Å². The van der Waals surface area contributed by atoms with Crippen LogP contribution in [-0.4, -0.2) is 14.6 Å². The number of nitrogens with zero attached hydrogens (tertiary/aromatic N) is 3. The van der Waals surface area contributed by atoms with Crippen LogP contribution in [0.15, 0.2) is 24.5 Å². The molecule has 0 spiro atoms. The molecule has 3 nitrogen and oxygen atoms in total. The largest absolute Gasteiger partial charge is 0.234 e. The van der Waals surface area contributed by atoms with E-state index in [0.29, 0.717) is 11.3 Å². The van der Waals surface area contributed by atoms with Crippen molar-refractivity contribution in [1.82, 2.24) is 14.6 Å². The summed E-state index contributed by atoms with van der Waals surface area (Å²) in [6, 6.07) is 3.28. The van der Waals surface area contributed by atoms with Gasteiger partial charge >= 0.3 is 0 Å². The second-order valence-electron chi connectivity index (χ2n) is 2.02. The average Bonchev–Trinajstić information content (AvgIpc) is 2.46. The third kappa shape index (κ3) is 0.767. The van der Waals surface area contributed by atoms with Crippen LogP contribution in [0.2, 0.25) is 0 Å². The van der Waals surface area contributed by atoms with Gasteiger partial charge in [0, 0.05) is 6.17 Å². The zero-order valence-electron chi connectivity index (χ0n) is 6.65. The number of hydrogen-bond acceptors (Lipinski definition) is 2. The molecule has 0 saturated heterocycles. The maximum atomic E-state index is 7.26. The fourth-order valence-corrected chi connectivity index (χ4v) is 0.880. The third-order valence-corrected chi connectivity index (χ3v) is 1.38. The SMILES string of the molecule is [2H]c1ccc2ncc(C#C)n2n1. The Balaban J connectivity index is 2.86. The smallest absolute Gasteiger partial charge is 0.154 e. The first kappa shape index (κ1) is 4.91. The quantitative estimate of drug-likeness (QED) is 0.510. The van der Waals surface area contributed by atoms with Crippen molar-refractivity contribution in [2.24, 2.45) is 0 Å². The molecule has 52 valence electrons. The molecule has 0 amide bonds. The molecule has 11 heavy (non-hydrogen) atoms. The van der Waals surface area contributed by atoms with Crippen molar-refractivity contribution in [2.75, 3.05) is 0 Å². The van der Waals surface area contributed by atoms with E-state index in [0.717, 1.165) is 0 Å². The van der Waals surface area contributed by atoms with Crippen LogP contribution >= 0.6 is 0 Å². The van der Waals surface area contributed by atoms with E-state index < -0.39 is 0 Å². The summed E-state index contributed by atoms with van der Waals surface area (Å²) in [6.07, 6.45) is 6.93. The van der Waals surface area contributed by atoms with Crippen molar-refractivity contribution in [3.8, 4) is 12.3 Å². The van der Waals surface area contributed by atoms with E-state index in [1.54, 1.807) is 18.3 Å². The van der Waals surface area contributed by atoms with E-state index in [-0.39, 0.29) is 6.17 Å². The number of fused-ring (bicyclic) bond motifs is 1. The first-order valence-corrected chi connectivity index (χ1v) is 3.09. The molecule has 0 N–H and O–H groups in total. The molecular formula is C8H5N3. The predicted molar refractivity (Wildman–Crippen MR) is 40.9 cm³/mol. The molecule has 0 aliphatic heterocycles. The monoisotopic (exact) mass is 144 g/mol. The lowest BCUT2D eigenvalue weighted by Gasteiger charge is -1.89. The van der Waals surface area contributed by atoms with Gasteiger partial charge in [-0.3, -0.25) is 0 Å². The van der Waals surface area contributed by atoms with Crippen molar-refractivity contribution in [1.29, 1.82) is 0 Å². The second-order valence-corrected chi connectivity index (χ2v) is 2.02. The third-order valence-electron chi connectivity index (χ3n) is 1.38. The molecule has 2 rings (SSSR count). The minimum atomic E-state index is 0.178. The highest BCUT2D eigenvalue weighted by atomic mass is 15.2. The molecule has 0 fully saturated rings. The van der Waals surface area contributed by atoms with Gasteiger partial charge in [0.05, 0.1) is 7.57 Å². The Labute approximate surface area is 65.1 Å². The highest BCUT2D eigenvalue weighted by Crippen LogP contribution is 2.00. The van der Waals surface area contributed by atoms with Crippen molar-refractivity contribution in [3.63, 3.8) is 0 Å². The molecular weight excluding hydrogens is 138 g/mol. The van der Waals surface area contributed by atoms with Crippen LogP contribution in [0, 0.1) is 12.3 Å². The van der Waals surface area contributed by atoms with Crippen LogP contribution in [-0.2, 0) is 0 Å². The summed E-state index contributed by atoms with van der Waals surface area (Å²) >= 11 is 0. The van der Waals surface area contributed by atoms with Crippen LogP contribution in [0.4, 0.5) is 0 Å². The Morgan fingerprint density at radius 3 is 3.45 bits per heavy atom. The summed E-state index contributed by atoms with van der Waals surface area (Å²) in [5.74, 6) is 2.43. The average molecular weight is 144 g/mol. The minimum absolute atomic E-state index is 0.178. The van der Waals surface area contributed by atoms with Gasteiger partial charge < -0.3 is 0 Å². The maximum Gasteiger partial charge on any atom is 0.154 e. The van der Waals surface area contributed by atoms with Crippen LogP contribution in [0.1, 0.15) is 7.06 Å². The Kier molecular flexibility index (Phi) is 0.937. The fraction of sp³-hybridized carbons (Fsp3) is 0. The Morgan fingerprint density at radius 2 is 2.64 bits per heavy atom. The Bertz CT molecular complexity index is 467. The predicted octanol–water partition coefficient (Wildman–Crippen LogP) is 0.711. The van der Waals surface area contributed by atoms with Crippen molar-refractivity contribution in [2.45, 2.75) is 0 Å². The van der Waals surface area contributed by atoms with Crippen LogP contribution in [0.25, 0.3) is 5.65 Å². The molecule has 3 heteroatoms. The van der Waals surface area contributed by atoms with E-state index in [1.807, 2.05) is 0 Å². The summed E-state index contributed by atoms with van der Waals surface area (Å²) in [5.41, 5.74) is 1.23. The first-order chi connectivity index (χ1) is 5.81.